The highest BCUT2D eigenvalue weighted by Crippen LogP contribution is 2.33. The van der Waals surface area contributed by atoms with Crippen LogP contribution in [0.4, 0.5) is 0 Å². The normalized spacial score (nSPS) is 13.9. The van der Waals surface area contributed by atoms with E-state index in [0.29, 0.717) is 11.8 Å². The molecule has 2 atom stereocenters. The molecule has 0 nitrogen and oxygen atoms in total. The van der Waals surface area contributed by atoms with Gasteiger partial charge in [0.1, 0.15) is 0 Å². The van der Waals surface area contributed by atoms with Gasteiger partial charge < -0.3 is 0 Å². The smallest absolute Gasteiger partial charge is 0.0155 e. The maximum Gasteiger partial charge on any atom is -0.0155 e. The van der Waals surface area contributed by atoms with E-state index in [1.54, 1.807) is 5.57 Å². The van der Waals surface area contributed by atoms with Gasteiger partial charge in [0.25, 0.3) is 0 Å². The number of hydrogen-bond acceptors (Lipinski definition) is 0. The lowest BCUT2D eigenvalue weighted by Gasteiger charge is -2.26. The third kappa shape index (κ3) is 15.5. The fourth-order valence-corrected chi connectivity index (χ4v) is 4.39. The molecule has 0 amide bonds. The SMILES string of the molecule is C=C(C=C=CC=CC)C(C)CC=C(C(C)CC)C(CCCCCCC)CCCCCCC. The summed E-state index contributed by atoms with van der Waals surface area (Å²) in [6, 6.07) is 0. The maximum atomic E-state index is 4.30. The Bertz CT molecular complexity index is 553. The molecule has 0 rings (SSSR count). The van der Waals surface area contributed by atoms with Gasteiger partial charge in [-0.3, -0.25) is 0 Å². The Morgan fingerprint density at radius 1 is 0.812 bits per heavy atom. The first-order chi connectivity index (χ1) is 15.5. The van der Waals surface area contributed by atoms with E-state index in [1.807, 2.05) is 25.2 Å². The van der Waals surface area contributed by atoms with Crippen LogP contribution in [0.15, 0.2) is 53.8 Å². The highest BCUT2D eigenvalue weighted by atomic mass is 14.2. The average molecular weight is 441 g/mol. The molecule has 0 saturated heterocycles. The van der Waals surface area contributed by atoms with Crippen LogP contribution in [0.25, 0.3) is 0 Å². The molecule has 0 aliphatic carbocycles. The number of unbranched alkanes of at least 4 members (excludes halogenated alkanes) is 8. The first kappa shape index (κ1) is 30.7. The van der Waals surface area contributed by atoms with Gasteiger partial charge in [-0.15, -0.1) is 5.73 Å². The maximum absolute atomic E-state index is 4.30. The van der Waals surface area contributed by atoms with Crippen LogP contribution < -0.4 is 0 Å². The molecule has 0 aromatic heterocycles. The van der Waals surface area contributed by atoms with Crippen LogP contribution in [0, 0.1) is 17.8 Å². The predicted octanol–water partition coefficient (Wildman–Crippen LogP) is 11.2. The molecule has 2 unspecified atom stereocenters. The van der Waals surface area contributed by atoms with Gasteiger partial charge in [-0.2, -0.15) is 0 Å². The van der Waals surface area contributed by atoms with Crippen molar-refractivity contribution in [2.75, 3.05) is 0 Å². The van der Waals surface area contributed by atoms with Crippen LogP contribution >= 0.6 is 0 Å². The van der Waals surface area contributed by atoms with E-state index < -0.39 is 0 Å². The minimum atomic E-state index is 0.468. The van der Waals surface area contributed by atoms with E-state index in [-0.39, 0.29) is 0 Å². The number of allylic oxidation sites excluding steroid dienone is 6. The van der Waals surface area contributed by atoms with Crippen molar-refractivity contribution in [3.05, 3.63) is 53.8 Å². The molecular formula is C32H56. The van der Waals surface area contributed by atoms with Gasteiger partial charge in [-0.1, -0.05) is 129 Å². The lowest BCUT2D eigenvalue weighted by Crippen LogP contribution is -2.12. The highest BCUT2D eigenvalue weighted by molar-refractivity contribution is 5.20. The molecule has 0 aliphatic heterocycles. The van der Waals surface area contributed by atoms with Crippen molar-refractivity contribution in [1.82, 2.24) is 0 Å². The molecule has 0 aromatic carbocycles. The molecular weight excluding hydrogens is 384 g/mol. The summed E-state index contributed by atoms with van der Waals surface area (Å²) in [6.45, 7) is 18.1. The van der Waals surface area contributed by atoms with Crippen molar-refractivity contribution in [1.29, 1.82) is 0 Å². The van der Waals surface area contributed by atoms with Crippen molar-refractivity contribution in [2.24, 2.45) is 17.8 Å². The summed E-state index contributed by atoms with van der Waals surface area (Å²) in [5.41, 5.74) is 6.17. The molecule has 0 fully saturated rings. The van der Waals surface area contributed by atoms with Crippen molar-refractivity contribution < 1.29 is 0 Å². The Morgan fingerprint density at radius 2 is 1.38 bits per heavy atom. The molecule has 0 aromatic rings. The minimum absolute atomic E-state index is 0.468. The van der Waals surface area contributed by atoms with Gasteiger partial charge in [0.15, 0.2) is 0 Å². The van der Waals surface area contributed by atoms with Crippen LogP contribution in [0.1, 0.15) is 131 Å². The van der Waals surface area contributed by atoms with Crippen LogP contribution in [0.3, 0.4) is 0 Å². The third-order valence-corrected chi connectivity index (χ3v) is 6.96. The molecule has 32 heavy (non-hydrogen) atoms. The summed E-state index contributed by atoms with van der Waals surface area (Å²) in [4.78, 5) is 0. The Kier molecular flexibility index (Phi) is 20.7. The average Bonchev–Trinajstić information content (AvgIpc) is 2.80. The van der Waals surface area contributed by atoms with E-state index in [9.17, 15) is 0 Å². The molecule has 0 bridgehead atoms. The Balaban J connectivity index is 5.22. The van der Waals surface area contributed by atoms with Crippen molar-refractivity contribution >= 4 is 0 Å². The molecule has 0 spiro atoms. The summed E-state index contributed by atoms with van der Waals surface area (Å²) in [7, 11) is 0. The van der Waals surface area contributed by atoms with Crippen LogP contribution in [0.5, 0.6) is 0 Å². The van der Waals surface area contributed by atoms with Crippen LogP contribution in [-0.2, 0) is 0 Å². The highest BCUT2D eigenvalue weighted by Gasteiger charge is 2.19. The summed E-state index contributed by atoms with van der Waals surface area (Å²) < 4.78 is 0. The van der Waals surface area contributed by atoms with Gasteiger partial charge in [-0.25, -0.2) is 0 Å². The topological polar surface area (TPSA) is 0 Å². The van der Waals surface area contributed by atoms with Crippen molar-refractivity contribution in [3.8, 4) is 0 Å². The van der Waals surface area contributed by atoms with Gasteiger partial charge >= 0.3 is 0 Å². The second-order valence-electron chi connectivity index (χ2n) is 9.83. The quantitative estimate of drug-likeness (QED) is 0.0764. The van der Waals surface area contributed by atoms with Gasteiger partial charge in [0, 0.05) is 0 Å². The fourth-order valence-electron chi connectivity index (χ4n) is 4.39. The second-order valence-corrected chi connectivity index (χ2v) is 9.83. The summed E-state index contributed by atoms with van der Waals surface area (Å²) >= 11 is 0. The van der Waals surface area contributed by atoms with Crippen molar-refractivity contribution in [3.63, 3.8) is 0 Å². The third-order valence-electron chi connectivity index (χ3n) is 6.96. The second kappa shape index (κ2) is 21.6. The lowest BCUT2D eigenvalue weighted by atomic mass is 9.79. The first-order valence-corrected chi connectivity index (χ1v) is 13.9. The Hall–Kier alpha value is -1.26. The van der Waals surface area contributed by atoms with Gasteiger partial charge in [0.05, 0.1) is 0 Å². The van der Waals surface area contributed by atoms with E-state index in [4.69, 9.17) is 0 Å². The van der Waals surface area contributed by atoms with E-state index in [1.165, 1.54) is 89.0 Å². The van der Waals surface area contributed by atoms with Crippen LogP contribution in [-0.4, -0.2) is 0 Å². The lowest BCUT2D eigenvalue weighted by molar-refractivity contribution is 0.412. The van der Waals surface area contributed by atoms with E-state index >= 15 is 0 Å². The number of hydrogen-bond donors (Lipinski definition) is 0. The zero-order valence-corrected chi connectivity index (χ0v) is 22.7. The summed E-state index contributed by atoms with van der Waals surface area (Å²) in [5, 5.41) is 0. The first-order valence-electron chi connectivity index (χ1n) is 13.9. The molecule has 184 valence electrons. The molecule has 0 heterocycles. The predicted molar refractivity (Wildman–Crippen MR) is 148 cm³/mol. The van der Waals surface area contributed by atoms with Gasteiger partial charge in [-0.05, 0) is 68.1 Å². The number of rotatable bonds is 20. The van der Waals surface area contributed by atoms with Crippen LogP contribution in [0.2, 0.25) is 0 Å². The molecule has 0 aliphatic rings. The monoisotopic (exact) mass is 440 g/mol. The molecule has 0 saturated carbocycles. The zero-order valence-electron chi connectivity index (χ0n) is 22.7. The molecule has 0 radical (unpaired) electrons. The van der Waals surface area contributed by atoms with Gasteiger partial charge in [0.2, 0.25) is 0 Å². The minimum Gasteiger partial charge on any atom is -0.121 e. The Labute approximate surface area is 203 Å². The van der Waals surface area contributed by atoms with E-state index in [2.05, 4.69) is 59.1 Å². The molecule has 0 N–H and O–H groups in total. The summed E-state index contributed by atoms with van der Waals surface area (Å²) in [5.74, 6) is 1.94. The summed E-state index contributed by atoms with van der Waals surface area (Å²) in [6.07, 6.45) is 29.7. The fraction of sp³-hybridized carbons (Fsp3) is 0.719. The zero-order chi connectivity index (χ0) is 24.0. The largest absolute Gasteiger partial charge is 0.121 e. The van der Waals surface area contributed by atoms with E-state index in [0.717, 1.165) is 12.3 Å². The standard InChI is InChI=1S/C32H56/c1-8-12-15-18-21-24-31(25-22-19-16-13-9-2)32(28(5)11-4)27-26-30(7)29(6)23-20-17-14-10-3/h10,14,17,23,27-28,30-31H,6,8-9,11-13,15-16,18-19,21-22,24-26H2,1-5,7H3. The van der Waals surface area contributed by atoms with Crippen molar-refractivity contribution in [2.45, 2.75) is 131 Å². The molecule has 0 heteroatoms. The Morgan fingerprint density at radius 3 is 1.88 bits per heavy atom.